The molecule has 0 spiro atoms. The first-order chi connectivity index (χ1) is 15.0. The minimum Gasteiger partial charge on any atom is -0.493 e. The Morgan fingerprint density at radius 1 is 1.22 bits per heavy atom. The van der Waals surface area contributed by atoms with Crippen LogP contribution < -0.4 is 19.6 Å². The second kappa shape index (κ2) is 9.43. The number of carbonyl (C=O) groups is 1. The van der Waals surface area contributed by atoms with E-state index in [0.29, 0.717) is 45.5 Å². The maximum atomic E-state index is 13.0. The summed E-state index contributed by atoms with van der Waals surface area (Å²) in [4.78, 5) is 13.0. The number of sulfonamides is 1. The van der Waals surface area contributed by atoms with Gasteiger partial charge in [0.25, 0.3) is 5.91 Å². The first kappa shape index (κ1) is 24.0. The molecule has 3 rings (SSSR count). The van der Waals surface area contributed by atoms with Crippen molar-refractivity contribution in [2.24, 2.45) is 16.2 Å². The molecule has 0 aromatic heterocycles. The van der Waals surface area contributed by atoms with Gasteiger partial charge < -0.3 is 9.47 Å². The van der Waals surface area contributed by atoms with Gasteiger partial charge in [0.1, 0.15) is 0 Å². The highest BCUT2D eigenvalue weighted by Crippen LogP contribution is 2.38. The molecule has 1 aliphatic heterocycles. The van der Waals surface area contributed by atoms with Crippen molar-refractivity contribution in [3.63, 3.8) is 0 Å². The lowest BCUT2D eigenvalue weighted by Gasteiger charge is -2.15. The normalized spacial score (nSPS) is 15.5. The van der Waals surface area contributed by atoms with Crippen LogP contribution in [0.1, 0.15) is 26.3 Å². The number of ether oxygens (including phenoxy) is 2. The van der Waals surface area contributed by atoms with Crippen LogP contribution in [0.2, 0.25) is 0 Å². The highest BCUT2D eigenvalue weighted by atomic mass is 79.9. The molecule has 0 saturated heterocycles. The Hall–Kier alpha value is -2.69. The van der Waals surface area contributed by atoms with Gasteiger partial charge in [0.05, 0.1) is 40.1 Å². The molecular weight excluding hydrogens is 498 g/mol. The number of hydrogen-bond acceptors (Lipinski definition) is 6. The van der Waals surface area contributed by atoms with Crippen molar-refractivity contribution in [1.29, 1.82) is 0 Å². The van der Waals surface area contributed by atoms with Gasteiger partial charge in [-0.05, 0) is 76.8 Å². The van der Waals surface area contributed by atoms with E-state index in [4.69, 9.17) is 14.6 Å². The fraction of sp³-hybridized carbons (Fsp3) is 0.273. The average molecular weight is 522 g/mol. The number of primary sulfonamides is 1. The van der Waals surface area contributed by atoms with Crippen molar-refractivity contribution in [2.75, 3.05) is 18.7 Å². The molecule has 32 heavy (non-hydrogen) atoms. The number of hydrogen-bond donors (Lipinski definition) is 1. The molecule has 0 saturated carbocycles. The first-order valence-electron chi connectivity index (χ1n) is 9.76. The fourth-order valence-corrected chi connectivity index (χ4v) is 4.11. The molecule has 1 amide bonds. The van der Waals surface area contributed by atoms with Crippen LogP contribution in [-0.4, -0.2) is 33.8 Å². The summed E-state index contributed by atoms with van der Waals surface area (Å²) in [5, 5.41) is 10.7. The number of hydrazone groups is 1. The van der Waals surface area contributed by atoms with Crippen LogP contribution >= 0.6 is 15.9 Å². The summed E-state index contributed by atoms with van der Waals surface area (Å²) >= 11 is 3.52. The molecule has 2 aromatic rings. The predicted molar refractivity (Wildman–Crippen MR) is 127 cm³/mol. The molecule has 10 heteroatoms. The van der Waals surface area contributed by atoms with Crippen molar-refractivity contribution in [2.45, 2.75) is 25.7 Å². The zero-order chi connectivity index (χ0) is 23.6. The molecule has 170 valence electrons. The van der Waals surface area contributed by atoms with Crippen molar-refractivity contribution < 1.29 is 22.7 Å². The van der Waals surface area contributed by atoms with E-state index in [2.05, 4.69) is 34.9 Å². The highest BCUT2D eigenvalue weighted by Gasteiger charge is 2.29. The Morgan fingerprint density at radius 2 is 1.88 bits per heavy atom. The van der Waals surface area contributed by atoms with Crippen molar-refractivity contribution in [3.05, 3.63) is 52.0 Å². The molecule has 0 atom stereocenters. The number of rotatable bonds is 7. The molecule has 8 nitrogen and oxygen atoms in total. The van der Waals surface area contributed by atoms with E-state index in [1.54, 1.807) is 26.2 Å². The summed E-state index contributed by atoms with van der Waals surface area (Å²) in [6.45, 7) is 6.39. The number of nitrogens with two attached hydrogens (primary N) is 1. The third kappa shape index (κ3) is 5.20. The van der Waals surface area contributed by atoms with Gasteiger partial charge in [0.15, 0.2) is 11.5 Å². The standard InChI is InChI=1S/C22H24BrN3O5S/c1-13(2)12-31-21-19(23)10-15(11-20(21)30-4)9-18-14(3)25-26(22(18)27)16-5-7-17(8-6-16)32(24,28)29/h5-11,13H,12H2,1-4H3,(H2,24,28,29)/b18-9+. The van der Waals surface area contributed by atoms with E-state index in [9.17, 15) is 13.2 Å². The third-order valence-corrected chi connectivity index (χ3v) is 6.11. The van der Waals surface area contributed by atoms with Gasteiger partial charge in [-0.25, -0.2) is 13.6 Å². The van der Waals surface area contributed by atoms with Crippen LogP contribution in [0.5, 0.6) is 11.5 Å². The van der Waals surface area contributed by atoms with E-state index in [1.807, 2.05) is 6.07 Å². The molecule has 2 N–H and O–H groups in total. The number of halogens is 1. The summed E-state index contributed by atoms with van der Waals surface area (Å²) in [5.41, 5.74) is 2.10. The second-order valence-electron chi connectivity index (χ2n) is 7.64. The van der Waals surface area contributed by atoms with Gasteiger partial charge >= 0.3 is 0 Å². The lowest BCUT2D eigenvalue weighted by molar-refractivity contribution is -0.114. The zero-order valence-electron chi connectivity index (χ0n) is 18.1. The quantitative estimate of drug-likeness (QED) is 0.554. The van der Waals surface area contributed by atoms with E-state index in [1.165, 1.54) is 29.3 Å². The number of nitrogens with zero attached hydrogens (tertiary/aromatic N) is 2. The van der Waals surface area contributed by atoms with Crippen LogP contribution in [0, 0.1) is 5.92 Å². The Bertz CT molecular complexity index is 1200. The lowest BCUT2D eigenvalue weighted by atomic mass is 10.1. The largest absolute Gasteiger partial charge is 0.493 e. The number of benzene rings is 2. The van der Waals surface area contributed by atoms with Crippen LogP contribution in [0.4, 0.5) is 5.69 Å². The van der Waals surface area contributed by atoms with Crippen LogP contribution in [-0.2, 0) is 14.8 Å². The van der Waals surface area contributed by atoms with Gasteiger partial charge in [-0.2, -0.15) is 10.1 Å². The number of anilines is 1. The Kier molecular flexibility index (Phi) is 7.06. The smallest absolute Gasteiger partial charge is 0.280 e. The van der Waals surface area contributed by atoms with Gasteiger partial charge in [0, 0.05) is 0 Å². The topological polar surface area (TPSA) is 111 Å². The van der Waals surface area contributed by atoms with Crippen molar-refractivity contribution >= 4 is 49.3 Å². The van der Waals surface area contributed by atoms with E-state index in [0.717, 1.165) is 5.56 Å². The Morgan fingerprint density at radius 3 is 2.44 bits per heavy atom. The maximum Gasteiger partial charge on any atom is 0.280 e. The molecule has 1 heterocycles. The molecule has 0 unspecified atom stereocenters. The number of amides is 1. The molecule has 1 aliphatic rings. The third-order valence-electron chi connectivity index (χ3n) is 4.60. The summed E-state index contributed by atoms with van der Waals surface area (Å²) in [5.74, 6) is 1.17. The molecular formula is C22H24BrN3O5S. The minimum atomic E-state index is -3.82. The minimum absolute atomic E-state index is 0.0407. The van der Waals surface area contributed by atoms with E-state index >= 15 is 0 Å². The fourth-order valence-electron chi connectivity index (χ4n) is 3.02. The van der Waals surface area contributed by atoms with Gasteiger partial charge in [0.2, 0.25) is 10.0 Å². The monoisotopic (exact) mass is 521 g/mol. The van der Waals surface area contributed by atoms with Crippen LogP contribution in [0.25, 0.3) is 6.08 Å². The van der Waals surface area contributed by atoms with E-state index in [-0.39, 0.29) is 10.8 Å². The SMILES string of the molecule is COc1cc(/C=C2/C(=O)N(c3ccc(S(N)(=O)=O)cc3)N=C2C)cc(Br)c1OCC(C)C. The van der Waals surface area contributed by atoms with Gasteiger partial charge in [-0.15, -0.1) is 0 Å². The Balaban J connectivity index is 1.91. The summed E-state index contributed by atoms with van der Waals surface area (Å²) in [6.07, 6.45) is 1.72. The summed E-state index contributed by atoms with van der Waals surface area (Å²) < 4.78 is 34.9. The van der Waals surface area contributed by atoms with Crippen molar-refractivity contribution in [3.8, 4) is 11.5 Å². The molecule has 0 fully saturated rings. The van der Waals surface area contributed by atoms with Gasteiger partial charge in [-0.1, -0.05) is 13.8 Å². The predicted octanol–water partition coefficient (Wildman–Crippen LogP) is 3.95. The van der Waals surface area contributed by atoms with E-state index < -0.39 is 10.0 Å². The maximum absolute atomic E-state index is 13.0. The van der Waals surface area contributed by atoms with Gasteiger partial charge in [-0.3, -0.25) is 4.79 Å². The average Bonchev–Trinajstić information content (AvgIpc) is 3.00. The molecule has 0 radical (unpaired) electrons. The van der Waals surface area contributed by atoms with Crippen LogP contribution in [0.15, 0.2) is 56.4 Å². The highest BCUT2D eigenvalue weighted by molar-refractivity contribution is 9.10. The second-order valence-corrected chi connectivity index (χ2v) is 10.1. The summed E-state index contributed by atoms with van der Waals surface area (Å²) in [6, 6.07) is 9.27. The molecule has 0 bridgehead atoms. The zero-order valence-corrected chi connectivity index (χ0v) is 20.5. The Labute approximate surface area is 195 Å². The van der Waals surface area contributed by atoms with Crippen molar-refractivity contribution in [1.82, 2.24) is 0 Å². The lowest BCUT2D eigenvalue weighted by Crippen LogP contribution is -2.21. The molecule has 2 aromatic carbocycles. The first-order valence-corrected chi connectivity index (χ1v) is 12.1. The summed E-state index contributed by atoms with van der Waals surface area (Å²) in [7, 11) is -2.26. The molecule has 0 aliphatic carbocycles. The number of carbonyl (C=O) groups excluding carboxylic acids is 1. The van der Waals surface area contributed by atoms with Crippen LogP contribution in [0.3, 0.4) is 0 Å². The number of methoxy groups -OCH3 is 1.